The fourth-order valence-corrected chi connectivity index (χ4v) is 4.96. The van der Waals surface area contributed by atoms with Crippen LogP contribution in [0.4, 0.5) is 10.1 Å². The van der Waals surface area contributed by atoms with E-state index in [-0.39, 0.29) is 22.8 Å². The Morgan fingerprint density at radius 2 is 2.03 bits per heavy atom. The zero-order valence-electron chi connectivity index (χ0n) is 17.7. The van der Waals surface area contributed by atoms with Gasteiger partial charge in [0.05, 0.1) is 34.9 Å². The molecule has 1 aromatic heterocycles. The van der Waals surface area contributed by atoms with E-state index in [1.165, 1.54) is 18.4 Å². The summed E-state index contributed by atoms with van der Waals surface area (Å²) in [6.07, 6.45) is 6.11. The van der Waals surface area contributed by atoms with E-state index in [9.17, 15) is 18.8 Å². The lowest BCUT2D eigenvalue weighted by molar-refractivity contribution is -0.123. The molecule has 3 aliphatic rings. The summed E-state index contributed by atoms with van der Waals surface area (Å²) in [5.41, 5.74) is 3.43. The number of halogens is 1. The highest BCUT2D eigenvalue weighted by molar-refractivity contribution is 6.48. The van der Waals surface area contributed by atoms with Crippen LogP contribution in [0.2, 0.25) is 0 Å². The van der Waals surface area contributed by atoms with Crippen molar-refractivity contribution in [1.82, 2.24) is 10.6 Å². The molecule has 1 unspecified atom stereocenters. The van der Waals surface area contributed by atoms with E-state index in [1.54, 1.807) is 18.5 Å². The summed E-state index contributed by atoms with van der Waals surface area (Å²) in [5, 5.41) is 5.54. The molecule has 8 nitrogen and oxygen atoms in total. The van der Waals surface area contributed by atoms with Gasteiger partial charge in [-0.25, -0.2) is 4.39 Å². The minimum atomic E-state index is -0.642. The highest BCUT2D eigenvalue weighted by Crippen LogP contribution is 2.40. The van der Waals surface area contributed by atoms with Crippen molar-refractivity contribution in [1.29, 1.82) is 0 Å². The van der Waals surface area contributed by atoms with Crippen LogP contribution in [0, 0.1) is 5.82 Å². The minimum Gasteiger partial charge on any atom is -0.464 e. The van der Waals surface area contributed by atoms with Gasteiger partial charge in [0.2, 0.25) is 6.41 Å². The summed E-state index contributed by atoms with van der Waals surface area (Å²) in [7, 11) is 0. The normalized spacial score (nSPS) is 18.8. The Morgan fingerprint density at radius 1 is 1.18 bits per heavy atom. The number of para-hydroxylation sites is 1. The SMILES string of the molecule is O=CNCC1Cc2cccc3c2N1C=CN=C3C1=C(c2cc(F)cc3ccoc23)C(=O)NC1=O. The second kappa shape index (κ2) is 7.51. The first-order chi connectivity index (χ1) is 16.6. The van der Waals surface area contributed by atoms with E-state index in [1.807, 2.05) is 23.1 Å². The number of hydrogen-bond acceptors (Lipinski definition) is 6. The highest BCUT2D eigenvalue weighted by Gasteiger charge is 2.39. The van der Waals surface area contributed by atoms with Crippen molar-refractivity contribution in [2.24, 2.45) is 4.99 Å². The predicted molar refractivity (Wildman–Crippen MR) is 122 cm³/mol. The second-order valence-electron chi connectivity index (χ2n) is 8.21. The largest absolute Gasteiger partial charge is 0.464 e. The zero-order valence-corrected chi connectivity index (χ0v) is 17.7. The number of rotatable bonds is 5. The van der Waals surface area contributed by atoms with Crippen LogP contribution in [0.1, 0.15) is 16.7 Å². The molecule has 0 spiro atoms. The number of amides is 3. The molecule has 34 heavy (non-hydrogen) atoms. The van der Waals surface area contributed by atoms with E-state index in [4.69, 9.17) is 4.42 Å². The lowest BCUT2D eigenvalue weighted by atomic mass is 9.92. The quantitative estimate of drug-likeness (QED) is 0.453. The molecule has 4 heterocycles. The molecular weight excluding hydrogens is 439 g/mol. The van der Waals surface area contributed by atoms with Crippen LogP contribution in [0.3, 0.4) is 0 Å². The molecule has 3 aliphatic heterocycles. The molecular formula is C25H17FN4O4. The number of anilines is 1. The molecule has 3 aromatic rings. The third-order valence-electron chi connectivity index (χ3n) is 6.30. The number of imide groups is 1. The number of carbonyl (C=O) groups is 3. The van der Waals surface area contributed by atoms with Gasteiger partial charge in [-0.05, 0) is 30.2 Å². The maximum atomic E-state index is 14.4. The molecule has 9 heteroatoms. The van der Waals surface area contributed by atoms with Gasteiger partial charge < -0.3 is 14.6 Å². The van der Waals surface area contributed by atoms with Crippen molar-refractivity contribution in [2.45, 2.75) is 12.5 Å². The van der Waals surface area contributed by atoms with Gasteiger partial charge in [0, 0.05) is 35.5 Å². The summed E-state index contributed by atoms with van der Waals surface area (Å²) in [6, 6.07) is 9.75. The van der Waals surface area contributed by atoms with Crippen molar-refractivity contribution in [3.05, 3.63) is 83.1 Å². The van der Waals surface area contributed by atoms with E-state index in [0.29, 0.717) is 41.6 Å². The van der Waals surface area contributed by atoms with Crippen molar-refractivity contribution in [3.63, 3.8) is 0 Å². The van der Waals surface area contributed by atoms with E-state index < -0.39 is 17.6 Å². The van der Waals surface area contributed by atoms with E-state index in [2.05, 4.69) is 15.6 Å². The van der Waals surface area contributed by atoms with Crippen LogP contribution >= 0.6 is 0 Å². The highest BCUT2D eigenvalue weighted by atomic mass is 19.1. The van der Waals surface area contributed by atoms with Gasteiger partial charge in [-0.1, -0.05) is 18.2 Å². The fourth-order valence-electron chi connectivity index (χ4n) is 4.96. The van der Waals surface area contributed by atoms with Gasteiger partial charge in [-0.3, -0.25) is 24.7 Å². The van der Waals surface area contributed by atoms with E-state index in [0.717, 1.165) is 11.3 Å². The van der Waals surface area contributed by atoms with Crippen LogP contribution in [0.25, 0.3) is 16.5 Å². The van der Waals surface area contributed by atoms with Gasteiger partial charge in [-0.15, -0.1) is 0 Å². The van der Waals surface area contributed by atoms with Crippen LogP contribution in [0.5, 0.6) is 0 Å². The maximum absolute atomic E-state index is 14.4. The molecule has 2 N–H and O–H groups in total. The topological polar surface area (TPSA) is 104 Å². The molecule has 1 atom stereocenters. The fraction of sp³-hybridized carbons (Fsp3) is 0.120. The van der Waals surface area contributed by atoms with Crippen molar-refractivity contribution in [2.75, 3.05) is 11.4 Å². The molecule has 0 fully saturated rings. The first-order valence-electron chi connectivity index (χ1n) is 10.7. The Kier molecular flexibility index (Phi) is 4.44. The van der Waals surface area contributed by atoms with Gasteiger partial charge in [0.1, 0.15) is 11.4 Å². The molecule has 168 valence electrons. The first-order valence-corrected chi connectivity index (χ1v) is 10.7. The number of carbonyl (C=O) groups excluding carboxylic acids is 3. The standard InChI is InChI=1S/C25H17FN4O4/c26-15-8-14-4-7-34-23(14)18(10-15)19-20(25(33)29-24(19)32)21-17-3-1-2-13-9-16(11-27-12-31)30(22(13)17)6-5-28-21/h1-8,10,12,16H,9,11H2,(H,27,31)(H,29,32,33). The van der Waals surface area contributed by atoms with E-state index >= 15 is 0 Å². The average Bonchev–Trinajstić information content (AvgIpc) is 3.46. The molecule has 0 saturated carbocycles. The Bertz CT molecular complexity index is 1500. The van der Waals surface area contributed by atoms with Crippen molar-refractivity contribution in [3.8, 4) is 0 Å². The predicted octanol–water partition coefficient (Wildman–Crippen LogP) is 2.43. The van der Waals surface area contributed by atoms with Crippen LogP contribution < -0.4 is 15.5 Å². The molecule has 3 amide bonds. The Hall–Kier alpha value is -4.53. The first kappa shape index (κ1) is 20.1. The number of nitrogens with one attached hydrogen (secondary N) is 2. The second-order valence-corrected chi connectivity index (χ2v) is 8.21. The molecule has 0 aliphatic carbocycles. The Morgan fingerprint density at radius 3 is 2.88 bits per heavy atom. The van der Waals surface area contributed by atoms with Gasteiger partial charge in [-0.2, -0.15) is 0 Å². The zero-order chi connectivity index (χ0) is 23.4. The number of benzene rings is 2. The number of hydrogen-bond donors (Lipinski definition) is 2. The number of nitrogens with zero attached hydrogens (tertiary/aromatic N) is 2. The summed E-state index contributed by atoms with van der Waals surface area (Å²) in [5.74, 6) is -1.81. The smallest absolute Gasteiger partial charge is 0.261 e. The molecule has 0 bridgehead atoms. The van der Waals surface area contributed by atoms with Gasteiger partial charge in [0.25, 0.3) is 11.8 Å². The minimum absolute atomic E-state index is 0.0137. The summed E-state index contributed by atoms with van der Waals surface area (Å²) in [6.45, 7) is 0.435. The average molecular weight is 456 g/mol. The molecule has 6 rings (SSSR count). The van der Waals surface area contributed by atoms with Gasteiger partial charge in [0.15, 0.2) is 0 Å². The third-order valence-corrected chi connectivity index (χ3v) is 6.30. The maximum Gasteiger partial charge on any atom is 0.261 e. The van der Waals surface area contributed by atoms with Crippen LogP contribution in [-0.4, -0.2) is 36.5 Å². The van der Waals surface area contributed by atoms with Crippen LogP contribution in [0.15, 0.2) is 70.0 Å². The Balaban J connectivity index is 1.57. The summed E-state index contributed by atoms with van der Waals surface area (Å²) < 4.78 is 20.0. The lowest BCUT2D eigenvalue weighted by Crippen LogP contribution is -2.37. The number of furan rings is 1. The number of aliphatic imine (C=N–C) groups is 1. The Labute approximate surface area is 192 Å². The lowest BCUT2D eigenvalue weighted by Gasteiger charge is -2.24. The van der Waals surface area contributed by atoms with Gasteiger partial charge >= 0.3 is 0 Å². The summed E-state index contributed by atoms with van der Waals surface area (Å²) in [4.78, 5) is 43.4. The molecule has 0 radical (unpaired) electrons. The van der Waals surface area contributed by atoms with Crippen molar-refractivity contribution >= 4 is 46.2 Å². The van der Waals surface area contributed by atoms with Crippen molar-refractivity contribution < 1.29 is 23.2 Å². The van der Waals surface area contributed by atoms with Crippen LogP contribution in [-0.2, 0) is 20.8 Å². The molecule has 0 saturated heterocycles. The summed E-state index contributed by atoms with van der Waals surface area (Å²) >= 11 is 0. The number of fused-ring (bicyclic) bond motifs is 1. The monoisotopic (exact) mass is 456 g/mol. The third kappa shape index (κ3) is 2.90. The molecule has 2 aromatic carbocycles.